The number of amides is 1. The second kappa shape index (κ2) is 9.98. The van der Waals surface area contributed by atoms with Gasteiger partial charge in [-0.2, -0.15) is 9.97 Å². The van der Waals surface area contributed by atoms with Gasteiger partial charge in [0.15, 0.2) is 5.76 Å². The predicted octanol–water partition coefficient (Wildman–Crippen LogP) is 0.889. The zero-order valence-electron chi connectivity index (χ0n) is 17.3. The van der Waals surface area contributed by atoms with Gasteiger partial charge in [-0.15, -0.1) is 0 Å². The number of aryl methyl sites for hydroxylation is 1. The molecule has 1 aliphatic rings. The highest BCUT2D eigenvalue weighted by molar-refractivity contribution is 5.94. The SMILES string of the molecule is Nc1nc(N)c2c(n1)NCC(CCc1ccc(C(=O)N[C@@H](CCCC(=O)O)C(=O)O)o1)C2. The van der Waals surface area contributed by atoms with E-state index < -0.39 is 23.9 Å². The van der Waals surface area contributed by atoms with E-state index in [1.165, 1.54) is 6.07 Å². The van der Waals surface area contributed by atoms with Gasteiger partial charge in [0.05, 0.1) is 0 Å². The molecule has 3 heterocycles. The second-order valence-corrected chi connectivity index (χ2v) is 7.70. The molecule has 0 spiro atoms. The Hall–Kier alpha value is -3.83. The number of nitrogen functional groups attached to an aromatic ring is 2. The Bertz CT molecular complexity index is 1010. The van der Waals surface area contributed by atoms with Gasteiger partial charge in [-0.3, -0.25) is 9.59 Å². The fraction of sp³-hybridized carbons (Fsp3) is 0.450. The van der Waals surface area contributed by atoms with Crippen molar-refractivity contribution in [3.63, 3.8) is 0 Å². The maximum atomic E-state index is 12.3. The van der Waals surface area contributed by atoms with Gasteiger partial charge in [-0.1, -0.05) is 0 Å². The first-order valence-corrected chi connectivity index (χ1v) is 10.2. The molecule has 8 N–H and O–H groups in total. The molecule has 2 atom stereocenters. The van der Waals surface area contributed by atoms with Crippen molar-refractivity contribution < 1.29 is 29.0 Å². The summed E-state index contributed by atoms with van der Waals surface area (Å²) < 4.78 is 5.58. The molecule has 2 aromatic heterocycles. The molecular weight excluding hydrogens is 420 g/mol. The van der Waals surface area contributed by atoms with Gasteiger partial charge in [0, 0.05) is 24.9 Å². The number of carbonyl (C=O) groups excluding carboxylic acids is 1. The normalized spacial score (nSPS) is 15.9. The van der Waals surface area contributed by atoms with Gasteiger partial charge in [-0.25, -0.2) is 4.79 Å². The van der Waals surface area contributed by atoms with E-state index in [0.29, 0.717) is 36.8 Å². The van der Waals surface area contributed by atoms with Gasteiger partial charge in [0.1, 0.15) is 23.4 Å². The second-order valence-electron chi connectivity index (χ2n) is 7.70. The van der Waals surface area contributed by atoms with Crippen LogP contribution in [-0.2, 0) is 22.4 Å². The number of furan rings is 1. The fourth-order valence-electron chi connectivity index (χ4n) is 3.60. The minimum atomic E-state index is -1.23. The number of carboxylic acids is 2. The lowest BCUT2D eigenvalue weighted by Gasteiger charge is -2.25. The lowest BCUT2D eigenvalue weighted by atomic mass is 9.92. The van der Waals surface area contributed by atoms with Crippen LogP contribution >= 0.6 is 0 Å². The number of carbonyl (C=O) groups is 3. The van der Waals surface area contributed by atoms with Crippen LogP contribution in [0.1, 0.15) is 47.6 Å². The molecule has 0 aromatic carbocycles. The first kappa shape index (κ1) is 22.8. The van der Waals surface area contributed by atoms with Gasteiger partial charge >= 0.3 is 11.9 Å². The first-order chi connectivity index (χ1) is 15.2. The molecule has 12 nitrogen and oxygen atoms in total. The monoisotopic (exact) mass is 446 g/mol. The van der Waals surface area contributed by atoms with E-state index in [0.717, 1.165) is 12.0 Å². The van der Waals surface area contributed by atoms with Crippen molar-refractivity contribution in [3.05, 3.63) is 29.2 Å². The predicted molar refractivity (Wildman–Crippen MR) is 114 cm³/mol. The minimum Gasteiger partial charge on any atom is -0.481 e. The van der Waals surface area contributed by atoms with Crippen LogP contribution in [0.25, 0.3) is 0 Å². The number of fused-ring (bicyclic) bond motifs is 1. The Balaban J connectivity index is 1.52. The van der Waals surface area contributed by atoms with Crippen LogP contribution in [0.5, 0.6) is 0 Å². The van der Waals surface area contributed by atoms with E-state index in [9.17, 15) is 19.5 Å². The van der Waals surface area contributed by atoms with Crippen LogP contribution < -0.4 is 22.1 Å². The highest BCUT2D eigenvalue weighted by Gasteiger charge is 2.24. The number of aromatic nitrogens is 2. The van der Waals surface area contributed by atoms with Crippen molar-refractivity contribution in [2.75, 3.05) is 23.3 Å². The Morgan fingerprint density at radius 3 is 2.75 bits per heavy atom. The smallest absolute Gasteiger partial charge is 0.326 e. The summed E-state index contributed by atoms with van der Waals surface area (Å²) in [5.41, 5.74) is 12.4. The van der Waals surface area contributed by atoms with E-state index in [4.69, 9.17) is 21.0 Å². The number of rotatable bonds is 10. The maximum Gasteiger partial charge on any atom is 0.326 e. The zero-order chi connectivity index (χ0) is 23.3. The first-order valence-electron chi connectivity index (χ1n) is 10.2. The summed E-state index contributed by atoms with van der Waals surface area (Å²) in [7, 11) is 0. The lowest BCUT2D eigenvalue weighted by Crippen LogP contribution is -2.40. The molecule has 0 fully saturated rings. The molecule has 2 aromatic rings. The van der Waals surface area contributed by atoms with Gasteiger partial charge in [0.2, 0.25) is 5.95 Å². The molecule has 12 heteroatoms. The summed E-state index contributed by atoms with van der Waals surface area (Å²) in [5, 5.41) is 23.5. The molecule has 3 rings (SSSR count). The summed E-state index contributed by atoms with van der Waals surface area (Å²) in [6.07, 6.45) is 2.01. The van der Waals surface area contributed by atoms with Crippen LogP contribution in [0.15, 0.2) is 16.5 Å². The van der Waals surface area contributed by atoms with Crippen LogP contribution in [0, 0.1) is 5.92 Å². The largest absolute Gasteiger partial charge is 0.481 e. The molecule has 0 saturated heterocycles. The molecule has 1 aliphatic heterocycles. The van der Waals surface area contributed by atoms with Crippen molar-refractivity contribution in [1.29, 1.82) is 0 Å². The number of hydrogen-bond donors (Lipinski definition) is 6. The van der Waals surface area contributed by atoms with Gasteiger partial charge < -0.3 is 36.7 Å². The number of hydrogen-bond acceptors (Lipinski definition) is 9. The number of carboxylic acid groups (broad SMARTS) is 2. The standard InChI is InChI=1S/C20H26N6O6/c21-16-12-8-10(9-23-17(12)26-20(22)25-16)4-5-11-6-7-14(32-11)18(29)24-13(19(30)31)2-1-3-15(27)28/h6-7,10,13H,1-5,8-9H2,(H,24,29)(H,27,28)(H,30,31)(H5,21,22,23,25,26)/t10?,13-/m0/s1. The van der Waals surface area contributed by atoms with E-state index in [1.54, 1.807) is 6.07 Å². The summed E-state index contributed by atoms with van der Waals surface area (Å²) in [4.78, 5) is 42.4. The third-order valence-corrected chi connectivity index (χ3v) is 5.28. The molecule has 172 valence electrons. The number of nitrogens with one attached hydrogen (secondary N) is 2. The number of nitrogens with zero attached hydrogens (tertiary/aromatic N) is 2. The Morgan fingerprint density at radius 1 is 1.25 bits per heavy atom. The third-order valence-electron chi connectivity index (χ3n) is 5.28. The fourth-order valence-corrected chi connectivity index (χ4v) is 3.60. The maximum absolute atomic E-state index is 12.3. The highest BCUT2D eigenvalue weighted by atomic mass is 16.4. The van der Waals surface area contributed by atoms with E-state index in [2.05, 4.69) is 20.6 Å². The van der Waals surface area contributed by atoms with Crippen molar-refractivity contribution in [3.8, 4) is 0 Å². The molecule has 1 unspecified atom stereocenters. The molecule has 0 radical (unpaired) electrons. The number of nitrogens with two attached hydrogens (primary N) is 2. The number of aliphatic carboxylic acids is 2. The average Bonchev–Trinajstić information content (AvgIpc) is 3.20. The van der Waals surface area contributed by atoms with Crippen LogP contribution in [0.2, 0.25) is 0 Å². The Labute approximate surface area is 183 Å². The number of anilines is 3. The third kappa shape index (κ3) is 5.86. The molecule has 0 bridgehead atoms. The quantitative estimate of drug-likeness (QED) is 0.302. The molecule has 32 heavy (non-hydrogen) atoms. The minimum absolute atomic E-state index is 0.00437. The Kier molecular flexibility index (Phi) is 7.13. The summed E-state index contributed by atoms with van der Waals surface area (Å²) in [5.74, 6) is -0.916. The van der Waals surface area contributed by atoms with E-state index in [-0.39, 0.29) is 36.9 Å². The van der Waals surface area contributed by atoms with Crippen molar-refractivity contribution in [2.24, 2.45) is 5.92 Å². The summed E-state index contributed by atoms with van der Waals surface area (Å²) >= 11 is 0. The molecule has 1 amide bonds. The van der Waals surface area contributed by atoms with E-state index in [1.807, 2.05) is 0 Å². The summed E-state index contributed by atoms with van der Waals surface area (Å²) in [6.45, 7) is 0.688. The Morgan fingerprint density at radius 2 is 2.03 bits per heavy atom. The van der Waals surface area contributed by atoms with Crippen LogP contribution in [0.4, 0.5) is 17.6 Å². The molecule has 0 aliphatic carbocycles. The van der Waals surface area contributed by atoms with Crippen molar-refractivity contribution in [2.45, 2.75) is 44.6 Å². The van der Waals surface area contributed by atoms with Gasteiger partial charge in [-0.05, 0) is 43.7 Å². The van der Waals surface area contributed by atoms with Gasteiger partial charge in [0.25, 0.3) is 5.91 Å². The molecule has 0 saturated carbocycles. The summed E-state index contributed by atoms with van der Waals surface area (Å²) in [6, 6.07) is 1.98. The lowest BCUT2D eigenvalue weighted by molar-refractivity contribution is -0.140. The zero-order valence-corrected chi connectivity index (χ0v) is 17.3. The van der Waals surface area contributed by atoms with Crippen LogP contribution in [0.3, 0.4) is 0 Å². The average molecular weight is 446 g/mol. The van der Waals surface area contributed by atoms with Crippen molar-refractivity contribution in [1.82, 2.24) is 15.3 Å². The topological polar surface area (TPSA) is 207 Å². The van der Waals surface area contributed by atoms with E-state index >= 15 is 0 Å². The van der Waals surface area contributed by atoms with Crippen LogP contribution in [-0.4, -0.2) is 50.6 Å². The van der Waals surface area contributed by atoms with Crippen molar-refractivity contribution >= 4 is 35.4 Å². The molecular formula is C20H26N6O6. The highest BCUT2D eigenvalue weighted by Crippen LogP contribution is 2.29.